The summed E-state index contributed by atoms with van der Waals surface area (Å²) in [5.41, 5.74) is 1.54. The van der Waals surface area contributed by atoms with Crippen LogP contribution in [0.4, 0.5) is 0 Å². The summed E-state index contributed by atoms with van der Waals surface area (Å²) in [6, 6.07) is 7.06. The highest BCUT2D eigenvalue weighted by molar-refractivity contribution is 5.89. The topological polar surface area (TPSA) is 46.5 Å². The van der Waals surface area contributed by atoms with Gasteiger partial charge in [0.25, 0.3) is 0 Å². The zero-order valence-electron chi connectivity index (χ0n) is 8.36. The average Bonchev–Trinajstić information content (AvgIpc) is 2.27. The highest BCUT2D eigenvalue weighted by Gasteiger charge is 2.07. The summed E-state index contributed by atoms with van der Waals surface area (Å²) < 4.78 is 4.57. The molecular weight excluding hydrogens is 180 g/mol. The summed E-state index contributed by atoms with van der Waals surface area (Å²) in [7, 11) is 1.35. The minimum Gasteiger partial charge on any atom is -0.465 e. The van der Waals surface area contributed by atoms with Gasteiger partial charge in [0, 0.05) is 12.5 Å². The number of benzene rings is 1. The van der Waals surface area contributed by atoms with Crippen LogP contribution in [-0.2, 0) is 4.74 Å². The number of hydrogen-bond donors (Lipinski definition) is 1. The second kappa shape index (κ2) is 4.77. The highest BCUT2D eigenvalue weighted by Crippen LogP contribution is 2.15. The van der Waals surface area contributed by atoms with Crippen molar-refractivity contribution in [2.24, 2.45) is 0 Å². The van der Waals surface area contributed by atoms with Crippen LogP contribution in [0.3, 0.4) is 0 Å². The maximum atomic E-state index is 11.1. The molecule has 0 amide bonds. The fourth-order valence-corrected chi connectivity index (χ4v) is 1.17. The molecule has 1 aromatic rings. The normalized spacial score (nSPS) is 12.2. The monoisotopic (exact) mass is 194 g/mol. The number of hydrogen-bond acceptors (Lipinski definition) is 3. The Morgan fingerprint density at radius 2 is 2.00 bits per heavy atom. The maximum absolute atomic E-state index is 11.1. The molecular formula is C11H14O3. The van der Waals surface area contributed by atoms with Gasteiger partial charge in [0.15, 0.2) is 0 Å². The summed E-state index contributed by atoms with van der Waals surface area (Å²) >= 11 is 0. The van der Waals surface area contributed by atoms with Gasteiger partial charge in [-0.15, -0.1) is 0 Å². The number of rotatable bonds is 3. The van der Waals surface area contributed by atoms with Crippen molar-refractivity contribution in [2.75, 3.05) is 13.7 Å². The molecule has 0 saturated heterocycles. The number of carbonyl (C=O) groups excluding carboxylic acids is 1. The van der Waals surface area contributed by atoms with Crippen LogP contribution in [0, 0.1) is 0 Å². The van der Waals surface area contributed by atoms with Gasteiger partial charge < -0.3 is 9.84 Å². The van der Waals surface area contributed by atoms with Gasteiger partial charge in [0.05, 0.1) is 12.7 Å². The number of ether oxygens (including phenoxy) is 1. The van der Waals surface area contributed by atoms with Crippen LogP contribution < -0.4 is 0 Å². The molecule has 0 aliphatic heterocycles. The Balaban J connectivity index is 2.83. The minimum atomic E-state index is -0.340. The van der Waals surface area contributed by atoms with E-state index >= 15 is 0 Å². The molecule has 3 heteroatoms. The Morgan fingerprint density at radius 1 is 1.43 bits per heavy atom. The van der Waals surface area contributed by atoms with Crippen LogP contribution in [0.1, 0.15) is 28.8 Å². The van der Waals surface area contributed by atoms with Gasteiger partial charge in [-0.2, -0.15) is 0 Å². The van der Waals surface area contributed by atoms with Gasteiger partial charge in [-0.05, 0) is 17.7 Å². The molecule has 1 aromatic carbocycles. The fraction of sp³-hybridized carbons (Fsp3) is 0.364. The molecule has 14 heavy (non-hydrogen) atoms. The zero-order chi connectivity index (χ0) is 10.6. The first kappa shape index (κ1) is 10.7. The lowest BCUT2D eigenvalue weighted by Gasteiger charge is -2.08. The summed E-state index contributed by atoms with van der Waals surface area (Å²) in [5, 5.41) is 8.92. The van der Waals surface area contributed by atoms with E-state index in [0.717, 1.165) is 5.56 Å². The molecule has 0 aromatic heterocycles. The van der Waals surface area contributed by atoms with E-state index in [1.165, 1.54) is 7.11 Å². The van der Waals surface area contributed by atoms with E-state index in [4.69, 9.17) is 5.11 Å². The summed E-state index contributed by atoms with van der Waals surface area (Å²) in [6.07, 6.45) is 0. The minimum absolute atomic E-state index is 0.0988. The molecule has 0 spiro atoms. The molecule has 1 unspecified atom stereocenters. The lowest BCUT2D eigenvalue weighted by molar-refractivity contribution is 0.0600. The zero-order valence-corrected chi connectivity index (χ0v) is 8.36. The third kappa shape index (κ3) is 2.33. The van der Waals surface area contributed by atoms with Gasteiger partial charge in [-0.1, -0.05) is 19.1 Å². The third-order valence-electron chi connectivity index (χ3n) is 2.17. The predicted molar refractivity (Wildman–Crippen MR) is 53.3 cm³/mol. The first-order valence-electron chi connectivity index (χ1n) is 4.48. The molecule has 1 rings (SSSR count). The third-order valence-corrected chi connectivity index (χ3v) is 2.17. The fourth-order valence-electron chi connectivity index (χ4n) is 1.17. The summed E-state index contributed by atoms with van der Waals surface area (Å²) in [6.45, 7) is 2.03. The molecule has 0 saturated carbocycles. The van der Waals surface area contributed by atoms with Crippen molar-refractivity contribution < 1.29 is 14.6 Å². The average molecular weight is 194 g/mol. The van der Waals surface area contributed by atoms with Crippen molar-refractivity contribution in [1.82, 2.24) is 0 Å². The quantitative estimate of drug-likeness (QED) is 0.743. The predicted octanol–water partition coefficient (Wildman–Crippen LogP) is 1.57. The number of carbonyl (C=O) groups is 1. The molecule has 0 aliphatic carbocycles. The first-order chi connectivity index (χ1) is 6.69. The van der Waals surface area contributed by atoms with Crippen LogP contribution in [0.25, 0.3) is 0 Å². The van der Waals surface area contributed by atoms with Crippen molar-refractivity contribution in [3.05, 3.63) is 35.4 Å². The first-order valence-corrected chi connectivity index (χ1v) is 4.48. The van der Waals surface area contributed by atoms with Crippen LogP contribution in [0.5, 0.6) is 0 Å². The summed E-state index contributed by atoms with van der Waals surface area (Å²) in [5.74, 6) is -0.241. The van der Waals surface area contributed by atoms with Crippen molar-refractivity contribution in [2.45, 2.75) is 12.8 Å². The highest BCUT2D eigenvalue weighted by atomic mass is 16.5. The van der Waals surface area contributed by atoms with Crippen LogP contribution >= 0.6 is 0 Å². The lowest BCUT2D eigenvalue weighted by Crippen LogP contribution is -2.03. The van der Waals surface area contributed by atoms with Gasteiger partial charge in [-0.25, -0.2) is 4.79 Å². The van der Waals surface area contributed by atoms with E-state index in [1.807, 2.05) is 19.1 Å². The van der Waals surface area contributed by atoms with E-state index in [1.54, 1.807) is 12.1 Å². The Kier molecular flexibility index (Phi) is 3.65. The van der Waals surface area contributed by atoms with Gasteiger partial charge in [0.2, 0.25) is 0 Å². The Hall–Kier alpha value is -1.35. The van der Waals surface area contributed by atoms with Gasteiger partial charge in [0.1, 0.15) is 0 Å². The van der Waals surface area contributed by atoms with Gasteiger partial charge in [-0.3, -0.25) is 0 Å². The van der Waals surface area contributed by atoms with Crippen LogP contribution in [-0.4, -0.2) is 24.8 Å². The van der Waals surface area contributed by atoms with Crippen LogP contribution in [0.2, 0.25) is 0 Å². The molecule has 76 valence electrons. The second-order valence-corrected chi connectivity index (χ2v) is 3.20. The molecule has 0 radical (unpaired) electrons. The van der Waals surface area contributed by atoms with E-state index in [9.17, 15) is 4.79 Å². The molecule has 0 fully saturated rings. The lowest BCUT2D eigenvalue weighted by atomic mass is 10.0. The largest absolute Gasteiger partial charge is 0.465 e. The molecule has 0 aliphatic rings. The van der Waals surface area contributed by atoms with Crippen molar-refractivity contribution in [3.8, 4) is 0 Å². The van der Waals surface area contributed by atoms with Crippen molar-refractivity contribution in [3.63, 3.8) is 0 Å². The second-order valence-electron chi connectivity index (χ2n) is 3.20. The SMILES string of the molecule is COC(=O)c1ccc(C(C)CO)cc1. The van der Waals surface area contributed by atoms with E-state index in [0.29, 0.717) is 5.56 Å². The van der Waals surface area contributed by atoms with Gasteiger partial charge >= 0.3 is 5.97 Å². The molecule has 3 nitrogen and oxygen atoms in total. The number of aliphatic hydroxyl groups excluding tert-OH is 1. The smallest absolute Gasteiger partial charge is 0.337 e. The van der Waals surface area contributed by atoms with E-state index in [-0.39, 0.29) is 18.5 Å². The van der Waals surface area contributed by atoms with E-state index < -0.39 is 0 Å². The van der Waals surface area contributed by atoms with Crippen molar-refractivity contribution in [1.29, 1.82) is 0 Å². The molecule has 0 bridgehead atoms. The summed E-state index contributed by atoms with van der Waals surface area (Å²) in [4.78, 5) is 11.1. The molecule has 1 N–H and O–H groups in total. The van der Waals surface area contributed by atoms with Crippen LogP contribution in [0.15, 0.2) is 24.3 Å². The maximum Gasteiger partial charge on any atom is 0.337 e. The Morgan fingerprint density at radius 3 is 2.43 bits per heavy atom. The standard InChI is InChI=1S/C11H14O3/c1-8(7-12)9-3-5-10(6-4-9)11(13)14-2/h3-6,8,12H,7H2,1-2H3. The number of aliphatic hydroxyl groups is 1. The van der Waals surface area contributed by atoms with E-state index in [2.05, 4.69) is 4.74 Å². The molecule has 0 heterocycles. The van der Waals surface area contributed by atoms with Crippen molar-refractivity contribution >= 4 is 5.97 Å². The number of methoxy groups -OCH3 is 1. The Labute approximate surface area is 83.3 Å². The molecule has 1 atom stereocenters. The number of esters is 1. The Bertz CT molecular complexity index is 303.